The van der Waals surface area contributed by atoms with Crippen LogP contribution < -0.4 is 5.32 Å². The number of rotatable bonds is 11. The summed E-state index contributed by atoms with van der Waals surface area (Å²) in [7, 11) is 0. The van der Waals surface area contributed by atoms with Gasteiger partial charge in [-0.1, -0.05) is 54.8 Å². The molecule has 2 heterocycles. The predicted octanol–water partition coefficient (Wildman–Crippen LogP) is 5.19. The standard InChI is InChI=1S/C24H30N4O2S/c1-8-10-21(17(4)5)19(7)23-26-27-24(28(23)14-20-11-9-12-30-20)31-15-22(29)25-13-18(6)16(2)3/h8-12H,2,6-7,13-15H2,1,3-5H3,(H,25,29)/b10-8-. The summed E-state index contributed by atoms with van der Waals surface area (Å²) in [5.41, 5.74) is 4.55. The van der Waals surface area contributed by atoms with E-state index in [1.807, 2.05) is 56.5 Å². The first-order valence-corrected chi connectivity index (χ1v) is 10.9. The molecule has 0 unspecified atom stereocenters. The summed E-state index contributed by atoms with van der Waals surface area (Å²) in [6.45, 7) is 20.7. The van der Waals surface area contributed by atoms with Crippen molar-refractivity contribution in [1.29, 1.82) is 0 Å². The minimum atomic E-state index is -0.112. The summed E-state index contributed by atoms with van der Waals surface area (Å²) in [4.78, 5) is 12.3. The number of allylic oxidation sites excluding steroid dienone is 5. The molecule has 0 aliphatic heterocycles. The van der Waals surface area contributed by atoms with Gasteiger partial charge in [-0.3, -0.25) is 9.36 Å². The molecule has 2 aromatic heterocycles. The lowest BCUT2D eigenvalue weighted by Crippen LogP contribution is -2.27. The molecule has 6 nitrogen and oxygen atoms in total. The summed E-state index contributed by atoms with van der Waals surface area (Å²) >= 11 is 1.32. The molecule has 0 aliphatic rings. The van der Waals surface area contributed by atoms with Gasteiger partial charge in [-0.2, -0.15) is 0 Å². The lowest BCUT2D eigenvalue weighted by Gasteiger charge is -2.13. The summed E-state index contributed by atoms with van der Waals surface area (Å²) in [5.74, 6) is 1.50. The van der Waals surface area contributed by atoms with Gasteiger partial charge >= 0.3 is 0 Å². The van der Waals surface area contributed by atoms with E-state index in [4.69, 9.17) is 4.42 Å². The number of furan rings is 1. The Balaban J connectivity index is 2.24. The number of thioether (sulfide) groups is 1. The third kappa shape index (κ3) is 6.72. The van der Waals surface area contributed by atoms with Gasteiger partial charge in [-0.15, -0.1) is 10.2 Å². The van der Waals surface area contributed by atoms with E-state index in [0.29, 0.717) is 24.1 Å². The average Bonchev–Trinajstić information content (AvgIpc) is 3.38. The fourth-order valence-corrected chi connectivity index (χ4v) is 3.48. The maximum Gasteiger partial charge on any atom is 0.230 e. The van der Waals surface area contributed by atoms with Crippen LogP contribution in [0.3, 0.4) is 0 Å². The van der Waals surface area contributed by atoms with Crippen LogP contribution >= 0.6 is 11.8 Å². The van der Waals surface area contributed by atoms with Crippen LogP contribution in [-0.2, 0) is 11.3 Å². The van der Waals surface area contributed by atoms with Crippen LogP contribution in [0.2, 0.25) is 0 Å². The largest absolute Gasteiger partial charge is 0.467 e. The molecule has 0 fully saturated rings. The monoisotopic (exact) mass is 438 g/mol. The number of nitrogens with one attached hydrogen (secondary N) is 1. The first-order valence-electron chi connectivity index (χ1n) is 9.93. The Morgan fingerprint density at radius 2 is 2.00 bits per heavy atom. The summed E-state index contributed by atoms with van der Waals surface area (Å²) in [6, 6.07) is 3.73. The second-order valence-corrected chi connectivity index (χ2v) is 8.26. The Morgan fingerprint density at radius 3 is 2.58 bits per heavy atom. The van der Waals surface area contributed by atoms with E-state index >= 15 is 0 Å². The van der Waals surface area contributed by atoms with E-state index in [2.05, 4.69) is 35.3 Å². The van der Waals surface area contributed by atoms with Crippen LogP contribution in [0.15, 0.2) is 82.2 Å². The zero-order valence-corrected chi connectivity index (χ0v) is 19.5. The molecule has 164 valence electrons. The zero-order valence-electron chi connectivity index (χ0n) is 18.7. The van der Waals surface area contributed by atoms with Gasteiger partial charge in [0, 0.05) is 12.1 Å². The van der Waals surface area contributed by atoms with Crippen molar-refractivity contribution >= 4 is 23.2 Å². The fourth-order valence-electron chi connectivity index (χ4n) is 2.71. The van der Waals surface area contributed by atoms with E-state index < -0.39 is 0 Å². The molecular formula is C24H30N4O2S. The van der Waals surface area contributed by atoms with E-state index in [0.717, 1.165) is 33.6 Å². The van der Waals surface area contributed by atoms with Crippen LogP contribution in [0.5, 0.6) is 0 Å². The molecule has 1 N–H and O–H groups in total. The highest BCUT2D eigenvalue weighted by Crippen LogP contribution is 2.28. The van der Waals surface area contributed by atoms with Crippen LogP contribution in [0.4, 0.5) is 0 Å². The van der Waals surface area contributed by atoms with Crippen LogP contribution in [0, 0.1) is 0 Å². The maximum absolute atomic E-state index is 12.3. The van der Waals surface area contributed by atoms with E-state index in [-0.39, 0.29) is 11.7 Å². The van der Waals surface area contributed by atoms with Gasteiger partial charge in [-0.25, -0.2) is 0 Å². The molecule has 0 saturated carbocycles. The van der Waals surface area contributed by atoms with Gasteiger partial charge in [0.1, 0.15) is 5.76 Å². The topological polar surface area (TPSA) is 73.0 Å². The molecule has 0 aromatic carbocycles. The third-order valence-corrected chi connectivity index (χ3v) is 5.48. The Hall–Kier alpha value is -3.06. The molecule has 0 bridgehead atoms. The van der Waals surface area contributed by atoms with Crippen molar-refractivity contribution < 1.29 is 9.21 Å². The zero-order chi connectivity index (χ0) is 23.0. The summed E-state index contributed by atoms with van der Waals surface area (Å²) in [6.07, 6.45) is 5.61. The first kappa shape index (κ1) is 24.2. The van der Waals surface area contributed by atoms with Crippen molar-refractivity contribution in [3.05, 3.63) is 84.2 Å². The van der Waals surface area contributed by atoms with Crippen molar-refractivity contribution in [1.82, 2.24) is 20.1 Å². The minimum Gasteiger partial charge on any atom is -0.467 e. The predicted molar refractivity (Wildman–Crippen MR) is 128 cm³/mol. The van der Waals surface area contributed by atoms with Crippen molar-refractivity contribution in [2.45, 2.75) is 39.4 Å². The van der Waals surface area contributed by atoms with Crippen molar-refractivity contribution in [2.24, 2.45) is 0 Å². The lowest BCUT2D eigenvalue weighted by atomic mass is 10.0. The van der Waals surface area contributed by atoms with E-state index in [1.165, 1.54) is 11.8 Å². The van der Waals surface area contributed by atoms with Gasteiger partial charge < -0.3 is 9.73 Å². The Morgan fingerprint density at radius 1 is 1.26 bits per heavy atom. The molecule has 0 radical (unpaired) electrons. The van der Waals surface area contributed by atoms with Gasteiger partial charge in [0.2, 0.25) is 5.91 Å². The number of hydrogen-bond acceptors (Lipinski definition) is 5. The van der Waals surface area contributed by atoms with Crippen LogP contribution in [-0.4, -0.2) is 33.0 Å². The molecule has 2 rings (SSSR count). The number of amides is 1. The normalized spacial score (nSPS) is 10.8. The number of carbonyl (C=O) groups excluding carboxylic acids is 1. The number of aromatic nitrogens is 3. The molecule has 0 atom stereocenters. The third-order valence-electron chi connectivity index (χ3n) is 4.51. The number of hydrogen-bond donors (Lipinski definition) is 1. The van der Waals surface area contributed by atoms with E-state index in [9.17, 15) is 4.79 Å². The quantitative estimate of drug-likeness (QED) is 0.386. The fraction of sp³-hybridized carbons (Fsp3) is 0.292. The number of carbonyl (C=O) groups is 1. The summed E-state index contributed by atoms with van der Waals surface area (Å²) < 4.78 is 7.46. The lowest BCUT2D eigenvalue weighted by molar-refractivity contribution is -0.118. The Labute approximate surface area is 188 Å². The highest BCUT2D eigenvalue weighted by Gasteiger charge is 2.19. The first-order chi connectivity index (χ1) is 14.7. The molecule has 31 heavy (non-hydrogen) atoms. The van der Waals surface area contributed by atoms with E-state index in [1.54, 1.807) is 6.26 Å². The van der Waals surface area contributed by atoms with Crippen molar-refractivity contribution in [3.63, 3.8) is 0 Å². The molecule has 0 aliphatic carbocycles. The second kappa shape index (κ2) is 11.4. The Bertz CT molecular complexity index is 1020. The van der Waals surface area contributed by atoms with Gasteiger partial charge in [-0.05, 0) is 51.0 Å². The highest BCUT2D eigenvalue weighted by molar-refractivity contribution is 7.99. The maximum atomic E-state index is 12.3. The van der Waals surface area contributed by atoms with Crippen molar-refractivity contribution in [3.8, 4) is 0 Å². The second-order valence-electron chi connectivity index (χ2n) is 7.31. The molecule has 0 saturated heterocycles. The minimum absolute atomic E-state index is 0.112. The van der Waals surface area contributed by atoms with Gasteiger partial charge in [0.05, 0.1) is 18.6 Å². The molecule has 2 aromatic rings. The van der Waals surface area contributed by atoms with Gasteiger partial charge in [0.15, 0.2) is 11.0 Å². The SMILES string of the molecule is C=C(C)C(=C)CNC(=O)CSc1nnc(C(=C)C(/C=C\C)=C(C)C)n1Cc1ccco1. The van der Waals surface area contributed by atoms with Crippen LogP contribution in [0.1, 0.15) is 39.3 Å². The molecular weight excluding hydrogens is 408 g/mol. The molecule has 1 amide bonds. The number of nitrogens with zero attached hydrogens (tertiary/aromatic N) is 3. The molecule has 0 spiro atoms. The van der Waals surface area contributed by atoms with Crippen molar-refractivity contribution in [2.75, 3.05) is 12.3 Å². The highest BCUT2D eigenvalue weighted by atomic mass is 32.2. The van der Waals surface area contributed by atoms with Gasteiger partial charge in [0.25, 0.3) is 0 Å². The molecule has 7 heteroatoms. The average molecular weight is 439 g/mol. The smallest absolute Gasteiger partial charge is 0.230 e. The van der Waals surface area contributed by atoms with Crippen LogP contribution in [0.25, 0.3) is 5.57 Å². The summed E-state index contributed by atoms with van der Waals surface area (Å²) in [5, 5.41) is 12.2. The Kier molecular flexibility index (Phi) is 8.88.